The highest BCUT2D eigenvalue weighted by molar-refractivity contribution is 5.95. The third kappa shape index (κ3) is 4.66. The molecule has 1 heterocycles. The van der Waals surface area contributed by atoms with E-state index in [1.807, 2.05) is 59.5 Å². The van der Waals surface area contributed by atoms with Gasteiger partial charge >= 0.3 is 0 Å². The van der Waals surface area contributed by atoms with Crippen LogP contribution in [0.4, 0.5) is 11.4 Å². The first-order valence-electron chi connectivity index (χ1n) is 10.2. The number of nitro benzene ring substituents is 1. The van der Waals surface area contributed by atoms with Crippen LogP contribution in [-0.2, 0) is 6.61 Å². The summed E-state index contributed by atoms with van der Waals surface area (Å²) in [6, 6.07) is 23.7. The number of piperazine rings is 1. The minimum atomic E-state index is -0.365. The molecule has 158 valence electrons. The van der Waals surface area contributed by atoms with Gasteiger partial charge in [0.15, 0.2) is 0 Å². The van der Waals surface area contributed by atoms with E-state index in [4.69, 9.17) is 4.74 Å². The van der Waals surface area contributed by atoms with Crippen LogP contribution in [0.2, 0.25) is 0 Å². The van der Waals surface area contributed by atoms with Crippen molar-refractivity contribution < 1.29 is 14.5 Å². The van der Waals surface area contributed by atoms with Gasteiger partial charge in [-0.15, -0.1) is 0 Å². The molecule has 0 unspecified atom stereocenters. The Morgan fingerprint density at radius 2 is 1.52 bits per heavy atom. The fourth-order valence-electron chi connectivity index (χ4n) is 3.74. The number of anilines is 1. The van der Waals surface area contributed by atoms with E-state index in [0.717, 1.165) is 11.3 Å². The molecule has 31 heavy (non-hydrogen) atoms. The number of benzene rings is 3. The van der Waals surface area contributed by atoms with E-state index in [9.17, 15) is 14.9 Å². The van der Waals surface area contributed by atoms with Crippen LogP contribution < -0.4 is 9.64 Å². The molecule has 0 bridgehead atoms. The molecule has 0 N–H and O–H groups in total. The second-order valence-corrected chi connectivity index (χ2v) is 7.28. The fourth-order valence-corrected chi connectivity index (χ4v) is 3.74. The Morgan fingerprint density at radius 1 is 0.871 bits per heavy atom. The van der Waals surface area contributed by atoms with E-state index >= 15 is 0 Å². The van der Waals surface area contributed by atoms with Gasteiger partial charge in [0.25, 0.3) is 11.6 Å². The fraction of sp³-hybridized carbons (Fsp3) is 0.208. The van der Waals surface area contributed by atoms with Crippen LogP contribution >= 0.6 is 0 Å². The quantitative estimate of drug-likeness (QED) is 0.445. The van der Waals surface area contributed by atoms with E-state index in [1.165, 1.54) is 6.07 Å². The topological polar surface area (TPSA) is 75.9 Å². The molecule has 0 aliphatic carbocycles. The Kier molecular flexibility index (Phi) is 6.12. The van der Waals surface area contributed by atoms with Gasteiger partial charge in [-0.25, -0.2) is 0 Å². The van der Waals surface area contributed by atoms with Crippen molar-refractivity contribution in [3.8, 4) is 5.75 Å². The van der Waals surface area contributed by atoms with E-state index in [-0.39, 0.29) is 16.5 Å². The van der Waals surface area contributed by atoms with E-state index in [1.54, 1.807) is 23.1 Å². The number of amides is 1. The highest BCUT2D eigenvalue weighted by atomic mass is 16.6. The Morgan fingerprint density at radius 3 is 2.26 bits per heavy atom. The first kappa shape index (κ1) is 20.4. The Labute approximate surface area is 180 Å². The minimum Gasteiger partial charge on any atom is -0.489 e. The van der Waals surface area contributed by atoms with Gasteiger partial charge in [-0.3, -0.25) is 14.9 Å². The third-order valence-electron chi connectivity index (χ3n) is 5.37. The number of rotatable bonds is 6. The van der Waals surface area contributed by atoms with Gasteiger partial charge in [-0.05, 0) is 24.3 Å². The molecule has 0 spiro atoms. The second kappa shape index (κ2) is 9.30. The van der Waals surface area contributed by atoms with Crippen LogP contribution in [0.15, 0.2) is 78.9 Å². The SMILES string of the molecule is O=C(c1ccccc1COc1ccccc1)N1CCN(c2ccccc2[N+](=O)[O-])CC1. The van der Waals surface area contributed by atoms with Crippen molar-refractivity contribution in [3.05, 3.63) is 100 Å². The summed E-state index contributed by atoms with van der Waals surface area (Å²) >= 11 is 0. The predicted octanol–water partition coefficient (Wildman–Crippen LogP) is 4.14. The highest BCUT2D eigenvalue weighted by Crippen LogP contribution is 2.28. The molecule has 0 radical (unpaired) electrons. The summed E-state index contributed by atoms with van der Waals surface area (Å²) in [6.45, 7) is 2.39. The average molecular weight is 417 g/mol. The first-order valence-corrected chi connectivity index (χ1v) is 10.2. The van der Waals surface area contributed by atoms with E-state index in [2.05, 4.69) is 0 Å². The van der Waals surface area contributed by atoms with Crippen LogP contribution in [0.3, 0.4) is 0 Å². The van der Waals surface area contributed by atoms with Gasteiger partial charge in [0.1, 0.15) is 18.0 Å². The molecule has 7 heteroatoms. The van der Waals surface area contributed by atoms with E-state index < -0.39 is 0 Å². The molecular formula is C24H23N3O4. The zero-order chi connectivity index (χ0) is 21.6. The van der Waals surface area contributed by atoms with Gasteiger partial charge in [-0.2, -0.15) is 0 Å². The lowest BCUT2D eigenvalue weighted by Crippen LogP contribution is -2.49. The number of nitrogens with zero attached hydrogens (tertiary/aromatic N) is 3. The Hall–Kier alpha value is -3.87. The molecule has 1 aliphatic heterocycles. The molecular weight excluding hydrogens is 394 g/mol. The van der Waals surface area contributed by atoms with Crippen LogP contribution in [0.25, 0.3) is 0 Å². The number of carbonyl (C=O) groups excluding carboxylic acids is 1. The smallest absolute Gasteiger partial charge is 0.292 e. The Balaban J connectivity index is 1.43. The molecule has 0 atom stereocenters. The lowest BCUT2D eigenvalue weighted by atomic mass is 10.1. The minimum absolute atomic E-state index is 0.0468. The van der Waals surface area contributed by atoms with Crippen molar-refractivity contribution in [1.29, 1.82) is 0 Å². The summed E-state index contributed by atoms with van der Waals surface area (Å²) < 4.78 is 5.84. The highest BCUT2D eigenvalue weighted by Gasteiger charge is 2.26. The monoisotopic (exact) mass is 417 g/mol. The van der Waals surface area contributed by atoms with Gasteiger partial charge in [0, 0.05) is 43.4 Å². The normalized spacial score (nSPS) is 13.7. The van der Waals surface area contributed by atoms with Crippen LogP contribution in [-0.4, -0.2) is 41.9 Å². The summed E-state index contributed by atoms with van der Waals surface area (Å²) in [5.74, 6) is 0.706. The molecule has 7 nitrogen and oxygen atoms in total. The third-order valence-corrected chi connectivity index (χ3v) is 5.37. The zero-order valence-corrected chi connectivity index (χ0v) is 17.0. The maximum atomic E-state index is 13.2. The average Bonchev–Trinajstić information content (AvgIpc) is 2.83. The Bertz CT molecular complexity index is 1060. The molecule has 1 saturated heterocycles. The van der Waals surface area contributed by atoms with Crippen LogP contribution in [0, 0.1) is 10.1 Å². The second-order valence-electron chi connectivity index (χ2n) is 7.28. The number of nitro groups is 1. The molecule has 1 fully saturated rings. The molecule has 1 amide bonds. The summed E-state index contributed by atoms with van der Waals surface area (Å²) in [5, 5.41) is 11.3. The molecule has 0 aromatic heterocycles. The van der Waals surface area contributed by atoms with Crippen molar-refractivity contribution in [2.24, 2.45) is 0 Å². The number of carbonyl (C=O) groups is 1. The lowest BCUT2D eigenvalue weighted by molar-refractivity contribution is -0.384. The van der Waals surface area contributed by atoms with Crippen molar-refractivity contribution in [2.75, 3.05) is 31.1 Å². The summed E-state index contributed by atoms with van der Waals surface area (Å²) in [6.07, 6.45) is 0. The maximum Gasteiger partial charge on any atom is 0.292 e. The van der Waals surface area contributed by atoms with Crippen LogP contribution in [0.1, 0.15) is 15.9 Å². The predicted molar refractivity (Wildman–Crippen MR) is 118 cm³/mol. The van der Waals surface area contributed by atoms with Crippen molar-refractivity contribution >= 4 is 17.3 Å². The van der Waals surface area contributed by atoms with Crippen molar-refractivity contribution in [2.45, 2.75) is 6.61 Å². The first-order chi connectivity index (χ1) is 15.1. The summed E-state index contributed by atoms with van der Waals surface area (Å²) in [4.78, 5) is 27.9. The van der Waals surface area contributed by atoms with Gasteiger partial charge in [0.05, 0.1) is 4.92 Å². The number of hydrogen-bond acceptors (Lipinski definition) is 5. The molecule has 1 aliphatic rings. The zero-order valence-electron chi connectivity index (χ0n) is 17.0. The number of ether oxygens (including phenoxy) is 1. The number of hydrogen-bond donors (Lipinski definition) is 0. The van der Waals surface area contributed by atoms with Crippen molar-refractivity contribution in [3.63, 3.8) is 0 Å². The van der Waals surface area contributed by atoms with Crippen LogP contribution in [0.5, 0.6) is 5.75 Å². The molecule has 3 aromatic rings. The van der Waals surface area contributed by atoms with E-state index in [0.29, 0.717) is 44.0 Å². The molecule has 3 aromatic carbocycles. The molecule has 0 saturated carbocycles. The summed E-state index contributed by atoms with van der Waals surface area (Å²) in [7, 11) is 0. The van der Waals surface area contributed by atoms with Gasteiger partial charge in [0.2, 0.25) is 0 Å². The van der Waals surface area contributed by atoms with Gasteiger partial charge in [-0.1, -0.05) is 48.5 Å². The maximum absolute atomic E-state index is 13.2. The number of para-hydroxylation sites is 3. The molecule has 4 rings (SSSR count). The largest absolute Gasteiger partial charge is 0.489 e. The van der Waals surface area contributed by atoms with Crippen molar-refractivity contribution in [1.82, 2.24) is 4.90 Å². The summed E-state index contributed by atoms with van der Waals surface area (Å²) in [5.41, 5.74) is 2.14. The standard InChI is InChI=1S/C24H23N3O4/c28-24(21-11-5-4-8-19(21)18-31-20-9-2-1-3-10-20)26-16-14-25(15-17-26)22-12-6-7-13-23(22)27(29)30/h1-13H,14-18H2. The van der Waals surface area contributed by atoms with Gasteiger partial charge < -0.3 is 14.5 Å². The lowest BCUT2D eigenvalue weighted by Gasteiger charge is -2.36.